The highest BCUT2D eigenvalue weighted by molar-refractivity contribution is 6.22. The highest BCUT2D eigenvalue weighted by Crippen LogP contribution is 2.48. The standard InChI is InChI=1S/C54H35NO/c1-4-15-36(16-5-1)39-27-28-41-34-42(30-29-40(41)33-39)55(49-24-14-26-51-54(49)47-23-12-13-25-50(47)56-51)43-31-32-45-44-21-10-11-22-46(44)52(37-17-6-2-7-18-37)53(48(45)35-43)38-19-8-3-9-20-38/h1-35H. The van der Waals surface area contributed by atoms with E-state index in [4.69, 9.17) is 4.42 Å². The molecule has 0 atom stereocenters. The van der Waals surface area contributed by atoms with Crippen LogP contribution in [0.4, 0.5) is 17.1 Å². The molecule has 0 aliphatic heterocycles. The molecule has 262 valence electrons. The summed E-state index contributed by atoms with van der Waals surface area (Å²) in [5.74, 6) is 0. The Labute approximate surface area is 325 Å². The SMILES string of the molecule is c1ccc(-c2ccc3cc(N(c4ccc5c(c4)c(-c4ccccc4)c(-c4ccccc4)c4ccccc45)c4cccc5oc6ccccc6c45)ccc3c2)cc1. The van der Waals surface area contributed by atoms with Crippen LogP contribution in [0.15, 0.2) is 217 Å². The van der Waals surface area contributed by atoms with Gasteiger partial charge in [0.05, 0.1) is 11.1 Å². The van der Waals surface area contributed by atoms with Gasteiger partial charge in [-0.2, -0.15) is 0 Å². The fourth-order valence-corrected chi connectivity index (χ4v) is 8.68. The Morgan fingerprint density at radius 2 is 0.839 bits per heavy atom. The second-order valence-corrected chi connectivity index (χ2v) is 14.5. The second kappa shape index (κ2) is 13.2. The highest BCUT2D eigenvalue weighted by atomic mass is 16.3. The van der Waals surface area contributed by atoms with Gasteiger partial charge in [0.1, 0.15) is 11.2 Å². The Morgan fingerprint density at radius 3 is 1.59 bits per heavy atom. The van der Waals surface area contributed by atoms with E-state index in [1.54, 1.807) is 0 Å². The first kappa shape index (κ1) is 32.0. The topological polar surface area (TPSA) is 16.4 Å². The molecule has 0 radical (unpaired) electrons. The Kier molecular flexibility index (Phi) is 7.53. The number of benzene rings is 10. The van der Waals surface area contributed by atoms with Crippen molar-refractivity contribution < 1.29 is 4.42 Å². The molecule has 0 saturated carbocycles. The predicted octanol–water partition coefficient (Wildman–Crippen LogP) is 15.5. The van der Waals surface area contributed by atoms with Gasteiger partial charge in [0.15, 0.2) is 0 Å². The van der Waals surface area contributed by atoms with E-state index in [1.807, 2.05) is 6.07 Å². The zero-order chi connectivity index (χ0) is 37.0. The van der Waals surface area contributed by atoms with Crippen LogP contribution in [0, 0.1) is 0 Å². The number of hydrogen-bond acceptors (Lipinski definition) is 2. The minimum absolute atomic E-state index is 0.866. The molecule has 0 aliphatic carbocycles. The third kappa shape index (κ3) is 5.26. The molecule has 1 aromatic heterocycles. The summed E-state index contributed by atoms with van der Waals surface area (Å²) in [5, 5.41) is 9.48. The van der Waals surface area contributed by atoms with Crippen molar-refractivity contribution in [2.24, 2.45) is 0 Å². The van der Waals surface area contributed by atoms with Crippen LogP contribution in [-0.4, -0.2) is 0 Å². The molecule has 2 heteroatoms. The molecule has 11 rings (SSSR count). The summed E-state index contributed by atoms with van der Waals surface area (Å²) in [5.41, 5.74) is 12.2. The van der Waals surface area contributed by atoms with Crippen LogP contribution >= 0.6 is 0 Å². The van der Waals surface area contributed by atoms with Crippen LogP contribution < -0.4 is 4.90 Å². The van der Waals surface area contributed by atoms with E-state index in [1.165, 1.54) is 65.7 Å². The summed E-state index contributed by atoms with van der Waals surface area (Å²) >= 11 is 0. The molecular formula is C54H35NO. The van der Waals surface area contributed by atoms with Crippen molar-refractivity contribution in [3.05, 3.63) is 212 Å². The normalized spacial score (nSPS) is 11.6. The third-order valence-electron chi connectivity index (χ3n) is 11.2. The summed E-state index contributed by atoms with van der Waals surface area (Å²) in [4.78, 5) is 2.42. The number of para-hydroxylation sites is 1. The van der Waals surface area contributed by atoms with E-state index in [2.05, 4.69) is 211 Å². The van der Waals surface area contributed by atoms with Crippen molar-refractivity contribution in [1.82, 2.24) is 0 Å². The maximum Gasteiger partial charge on any atom is 0.137 e. The van der Waals surface area contributed by atoms with Gasteiger partial charge in [0.2, 0.25) is 0 Å². The van der Waals surface area contributed by atoms with Crippen molar-refractivity contribution in [3.63, 3.8) is 0 Å². The number of rotatable bonds is 6. The van der Waals surface area contributed by atoms with E-state index in [0.717, 1.165) is 39.0 Å². The quantitative estimate of drug-likeness (QED) is 0.160. The largest absolute Gasteiger partial charge is 0.456 e. The van der Waals surface area contributed by atoms with Gasteiger partial charge in [-0.05, 0) is 114 Å². The number of furan rings is 1. The van der Waals surface area contributed by atoms with Crippen molar-refractivity contribution in [2.75, 3.05) is 4.90 Å². The van der Waals surface area contributed by atoms with E-state index >= 15 is 0 Å². The van der Waals surface area contributed by atoms with E-state index in [0.29, 0.717) is 0 Å². The number of anilines is 3. The minimum Gasteiger partial charge on any atom is -0.456 e. The van der Waals surface area contributed by atoms with Crippen molar-refractivity contribution >= 4 is 71.3 Å². The van der Waals surface area contributed by atoms with Gasteiger partial charge in [-0.1, -0.05) is 164 Å². The summed E-state index contributed by atoms with van der Waals surface area (Å²) in [6.07, 6.45) is 0. The fourth-order valence-electron chi connectivity index (χ4n) is 8.68. The minimum atomic E-state index is 0.866. The molecule has 2 nitrogen and oxygen atoms in total. The maximum atomic E-state index is 6.47. The fraction of sp³-hybridized carbons (Fsp3) is 0. The van der Waals surface area contributed by atoms with Crippen molar-refractivity contribution in [1.29, 1.82) is 0 Å². The Bertz CT molecular complexity index is 3240. The molecule has 0 N–H and O–H groups in total. The molecule has 0 aliphatic rings. The Balaban J connectivity index is 1.21. The summed E-state index contributed by atoms with van der Waals surface area (Å²) in [7, 11) is 0. The highest BCUT2D eigenvalue weighted by Gasteiger charge is 2.23. The molecule has 1 heterocycles. The van der Waals surface area contributed by atoms with Gasteiger partial charge >= 0.3 is 0 Å². The van der Waals surface area contributed by atoms with Gasteiger partial charge in [0.25, 0.3) is 0 Å². The lowest BCUT2D eigenvalue weighted by atomic mass is 9.85. The lowest BCUT2D eigenvalue weighted by Crippen LogP contribution is -2.10. The van der Waals surface area contributed by atoms with Crippen LogP contribution in [0.1, 0.15) is 0 Å². The molecule has 0 amide bonds. The molecule has 0 saturated heterocycles. The van der Waals surface area contributed by atoms with Crippen LogP contribution in [0.25, 0.3) is 87.6 Å². The van der Waals surface area contributed by atoms with Crippen molar-refractivity contribution in [3.8, 4) is 33.4 Å². The summed E-state index contributed by atoms with van der Waals surface area (Å²) in [6.45, 7) is 0. The predicted molar refractivity (Wildman–Crippen MR) is 237 cm³/mol. The zero-order valence-corrected chi connectivity index (χ0v) is 30.6. The number of fused-ring (bicyclic) bond motifs is 7. The molecule has 11 aromatic rings. The average Bonchev–Trinajstić information content (AvgIpc) is 3.66. The van der Waals surface area contributed by atoms with Crippen LogP contribution in [0.3, 0.4) is 0 Å². The van der Waals surface area contributed by atoms with Gasteiger partial charge in [-0.25, -0.2) is 0 Å². The van der Waals surface area contributed by atoms with Gasteiger partial charge in [-0.15, -0.1) is 0 Å². The maximum absolute atomic E-state index is 6.47. The molecule has 0 fully saturated rings. The Morgan fingerprint density at radius 1 is 0.304 bits per heavy atom. The third-order valence-corrected chi connectivity index (χ3v) is 11.2. The molecule has 56 heavy (non-hydrogen) atoms. The van der Waals surface area contributed by atoms with Gasteiger partial charge < -0.3 is 9.32 Å². The average molecular weight is 714 g/mol. The van der Waals surface area contributed by atoms with Crippen LogP contribution in [0.2, 0.25) is 0 Å². The lowest BCUT2D eigenvalue weighted by Gasteiger charge is -2.28. The van der Waals surface area contributed by atoms with E-state index in [-0.39, 0.29) is 0 Å². The molecule has 0 unspecified atom stereocenters. The van der Waals surface area contributed by atoms with Gasteiger partial charge in [0, 0.05) is 16.8 Å². The zero-order valence-electron chi connectivity index (χ0n) is 30.6. The smallest absolute Gasteiger partial charge is 0.137 e. The molecule has 0 spiro atoms. The van der Waals surface area contributed by atoms with E-state index < -0.39 is 0 Å². The second-order valence-electron chi connectivity index (χ2n) is 14.5. The van der Waals surface area contributed by atoms with Crippen LogP contribution in [0.5, 0.6) is 0 Å². The summed E-state index contributed by atoms with van der Waals surface area (Å²) < 4.78 is 6.47. The monoisotopic (exact) mass is 713 g/mol. The number of hydrogen-bond donors (Lipinski definition) is 0. The van der Waals surface area contributed by atoms with Crippen molar-refractivity contribution in [2.45, 2.75) is 0 Å². The Hall–Kier alpha value is -7.42. The lowest BCUT2D eigenvalue weighted by molar-refractivity contribution is 0.669. The van der Waals surface area contributed by atoms with E-state index in [9.17, 15) is 0 Å². The molecule has 0 bridgehead atoms. The first-order chi connectivity index (χ1) is 27.8. The first-order valence-electron chi connectivity index (χ1n) is 19.2. The summed E-state index contributed by atoms with van der Waals surface area (Å²) in [6, 6.07) is 76.6. The van der Waals surface area contributed by atoms with Crippen LogP contribution in [-0.2, 0) is 0 Å². The molecular weight excluding hydrogens is 679 g/mol. The molecule has 10 aromatic carbocycles. The number of nitrogens with zero attached hydrogens (tertiary/aromatic N) is 1. The van der Waals surface area contributed by atoms with Gasteiger partial charge in [-0.3, -0.25) is 0 Å². The first-order valence-corrected chi connectivity index (χ1v) is 19.2.